The van der Waals surface area contributed by atoms with E-state index in [1.807, 2.05) is 0 Å². The van der Waals surface area contributed by atoms with Gasteiger partial charge in [0.05, 0.1) is 25.8 Å². The predicted molar refractivity (Wildman–Crippen MR) is 126 cm³/mol. The summed E-state index contributed by atoms with van der Waals surface area (Å²) in [7, 11) is 3.03. The van der Waals surface area contributed by atoms with Crippen LogP contribution in [0.3, 0.4) is 0 Å². The molecule has 33 heavy (non-hydrogen) atoms. The van der Waals surface area contributed by atoms with Crippen molar-refractivity contribution in [2.75, 3.05) is 24.9 Å². The van der Waals surface area contributed by atoms with Gasteiger partial charge in [0.1, 0.15) is 11.5 Å². The van der Waals surface area contributed by atoms with Crippen LogP contribution in [0.2, 0.25) is 0 Å². The Morgan fingerprint density at radius 3 is 2.39 bits per heavy atom. The average molecular weight is 466 g/mol. The van der Waals surface area contributed by atoms with E-state index < -0.39 is 5.92 Å². The fourth-order valence-electron chi connectivity index (χ4n) is 3.69. The number of anilines is 2. The Labute approximate surface area is 194 Å². The van der Waals surface area contributed by atoms with Crippen LogP contribution in [-0.2, 0) is 11.2 Å². The number of amides is 2. The van der Waals surface area contributed by atoms with Gasteiger partial charge in [-0.15, -0.1) is 11.3 Å². The molecule has 1 aromatic heterocycles. The van der Waals surface area contributed by atoms with Gasteiger partial charge in [-0.3, -0.25) is 19.7 Å². The van der Waals surface area contributed by atoms with Crippen molar-refractivity contribution >= 4 is 39.8 Å². The average Bonchev–Trinajstić information content (AvgIpc) is 3.38. The number of carbonyl (C=O) groups is 3. The molecule has 0 saturated heterocycles. The summed E-state index contributed by atoms with van der Waals surface area (Å²) in [5.74, 6) is -0.00199. The van der Waals surface area contributed by atoms with Gasteiger partial charge in [0, 0.05) is 27.8 Å². The second-order valence-electron chi connectivity index (χ2n) is 7.60. The SMILES string of the molecule is COc1cc(OC)cc(C(=O)Nc2nc3c(s2)CCC3C(=O)Nc2cccc(C(C)=O)c2)c1. The van der Waals surface area contributed by atoms with Crippen molar-refractivity contribution in [2.24, 2.45) is 0 Å². The van der Waals surface area contributed by atoms with Crippen molar-refractivity contribution in [3.8, 4) is 11.5 Å². The van der Waals surface area contributed by atoms with E-state index in [0.717, 1.165) is 4.88 Å². The molecule has 1 aliphatic rings. The third-order valence-electron chi connectivity index (χ3n) is 5.40. The van der Waals surface area contributed by atoms with E-state index >= 15 is 0 Å². The Morgan fingerprint density at radius 1 is 1.00 bits per heavy atom. The Bertz CT molecular complexity index is 1210. The van der Waals surface area contributed by atoms with Crippen LogP contribution in [0.15, 0.2) is 42.5 Å². The number of nitrogens with one attached hydrogen (secondary N) is 2. The highest BCUT2D eigenvalue weighted by molar-refractivity contribution is 7.16. The number of fused-ring (bicyclic) bond motifs is 1. The molecule has 8 nitrogen and oxygen atoms in total. The highest BCUT2D eigenvalue weighted by Crippen LogP contribution is 2.39. The number of thiazole rings is 1. The zero-order valence-corrected chi connectivity index (χ0v) is 19.2. The van der Waals surface area contributed by atoms with E-state index in [1.54, 1.807) is 42.5 Å². The number of ketones is 1. The van der Waals surface area contributed by atoms with Gasteiger partial charge in [-0.05, 0) is 44.0 Å². The number of carbonyl (C=O) groups excluding carboxylic acids is 3. The lowest BCUT2D eigenvalue weighted by molar-refractivity contribution is -0.117. The summed E-state index contributed by atoms with van der Waals surface area (Å²) in [5.41, 5.74) is 2.16. The van der Waals surface area contributed by atoms with Crippen molar-refractivity contribution in [1.29, 1.82) is 0 Å². The smallest absolute Gasteiger partial charge is 0.257 e. The van der Waals surface area contributed by atoms with Crippen LogP contribution in [0.1, 0.15) is 50.5 Å². The van der Waals surface area contributed by atoms with E-state index in [-0.39, 0.29) is 17.6 Å². The summed E-state index contributed by atoms with van der Waals surface area (Å²) < 4.78 is 10.4. The summed E-state index contributed by atoms with van der Waals surface area (Å²) in [4.78, 5) is 42.8. The van der Waals surface area contributed by atoms with Crippen molar-refractivity contribution in [1.82, 2.24) is 4.98 Å². The van der Waals surface area contributed by atoms with Gasteiger partial charge < -0.3 is 14.8 Å². The summed E-state index contributed by atoms with van der Waals surface area (Å²) in [6.45, 7) is 1.48. The maximum Gasteiger partial charge on any atom is 0.257 e. The van der Waals surface area contributed by atoms with Gasteiger partial charge in [0.15, 0.2) is 10.9 Å². The quantitative estimate of drug-likeness (QED) is 0.505. The van der Waals surface area contributed by atoms with Gasteiger partial charge >= 0.3 is 0 Å². The lowest BCUT2D eigenvalue weighted by Crippen LogP contribution is -2.20. The molecule has 0 radical (unpaired) electrons. The second-order valence-corrected chi connectivity index (χ2v) is 8.68. The van der Waals surface area contributed by atoms with Crippen molar-refractivity contribution in [2.45, 2.75) is 25.7 Å². The van der Waals surface area contributed by atoms with E-state index in [1.165, 1.54) is 32.5 Å². The van der Waals surface area contributed by atoms with Crippen molar-refractivity contribution in [3.63, 3.8) is 0 Å². The molecule has 2 amide bonds. The van der Waals surface area contributed by atoms with Crippen LogP contribution in [0.4, 0.5) is 10.8 Å². The summed E-state index contributed by atoms with van der Waals surface area (Å²) in [6.07, 6.45) is 1.36. The molecule has 3 aromatic rings. The van der Waals surface area contributed by atoms with Gasteiger partial charge in [0.25, 0.3) is 5.91 Å². The molecule has 0 aliphatic heterocycles. The number of aromatic nitrogens is 1. The topological polar surface area (TPSA) is 107 Å². The summed E-state index contributed by atoms with van der Waals surface area (Å²) in [6, 6.07) is 11.8. The standard InChI is InChI=1S/C24H23N3O5S/c1-13(28)14-5-4-6-16(9-14)25-23(30)19-7-8-20-21(19)26-24(33-20)27-22(29)15-10-17(31-2)12-18(11-15)32-3/h4-6,9-12,19H,7-8H2,1-3H3,(H,25,30)(H,26,27,29). The number of rotatable bonds is 7. The molecular weight excluding hydrogens is 442 g/mol. The number of Topliss-reactive ketones (excluding diaryl/α,β-unsaturated/α-hetero) is 1. The highest BCUT2D eigenvalue weighted by Gasteiger charge is 2.33. The van der Waals surface area contributed by atoms with Crippen LogP contribution in [0, 0.1) is 0 Å². The fraction of sp³-hybridized carbons (Fsp3) is 0.250. The van der Waals surface area contributed by atoms with Gasteiger partial charge in [-0.25, -0.2) is 4.98 Å². The first-order valence-corrected chi connectivity index (χ1v) is 11.2. The largest absolute Gasteiger partial charge is 0.497 e. The minimum Gasteiger partial charge on any atom is -0.497 e. The van der Waals surface area contributed by atoms with Crippen LogP contribution < -0.4 is 20.1 Å². The van der Waals surface area contributed by atoms with E-state index in [2.05, 4.69) is 15.6 Å². The maximum atomic E-state index is 12.9. The molecule has 1 atom stereocenters. The molecule has 2 N–H and O–H groups in total. The minimum absolute atomic E-state index is 0.0669. The number of methoxy groups -OCH3 is 2. The Kier molecular flexibility index (Phi) is 6.41. The van der Waals surface area contributed by atoms with Gasteiger partial charge in [0.2, 0.25) is 5.91 Å². The highest BCUT2D eigenvalue weighted by atomic mass is 32.1. The molecule has 0 saturated carbocycles. The Balaban J connectivity index is 1.48. The molecule has 170 valence electrons. The predicted octanol–water partition coefficient (Wildman–Crippen LogP) is 4.28. The van der Waals surface area contributed by atoms with Crippen molar-refractivity contribution in [3.05, 3.63) is 64.2 Å². The molecule has 1 heterocycles. The molecule has 0 spiro atoms. The van der Waals surface area contributed by atoms with Crippen LogP contribution in [-0.4, -0.2) is 36.8 Å². The zero-order chi connectivity index (χ0) is 23.5. The van der Waals surface area contributed by atoms with Gasteiger partial charge in [-0.1, -0.05) is 12.1 Å². The normalized spacial score (nSPS) is 14.3. The van der Waals surface area contributed by atoms with Crippen LogP contribution >= 0.6 is 11.3 Å². The van der Waals surface area contributed by atoms with Crippen molar-refractivity contribution < 1.29 is 23.9 Å². The van der Waals surface area contributed by atoms with Gasteiger partial charge in [-0.2, -0.15) is 0 Å². The number of benzene rings is 2. The molecular formula is C24H23N3O5S. The first-order chi connectivity index (χ1) is 15.9. The zero-order valence-electron chi connectivity index (χ0n) is 18.4. The fourth-order valence-corrected chi connectivity index (χ4v) is 4.72. The Hall–Kier alpha value is -3.72. The number of hydrogen-bond acceptors (Lipinski definition) is 7. The number of nitrogens with zero attached hydrogens (tertiary/aromatic N) is 1. The second kappa shape index (κ2) is 9.41. The third kappa shape index (κ3) is 4.88. The van der Waals surface area contributed by atoms with E-state index in [9.17, 15) is 14.4 Å². The van der Waals surface area contributed by atoms with E-state index in [4.69, 9.17) is 9.47 Å². The lowest BCUT2D eigenvalue weighted by Gasteiger charge is -2.11. The molecule has 4 rings (SSSR count). The monoisotopic (exact) mass is 465 g/mol. The lowest BCUT2D eigenvalue weighted by atomic mass is 10.1. The maximum absolute atomic E-state index is 12.9. The third-order valence-corrected chi connectivity index (χ3v) is 6.45. The molecule has 2 aromatic carbocycles. The summed E-state index contributed by atoms with van der Waals surface area (Å²) >= 11 is 1.37. The molecule has 0 bridgehead atoms. The molecule has 1 unspecified atom stereocenters. The van der Waals surface area contributed by atoms with E-state index in [0.29, 0.717) is 52.0 Å². The first kappa shape index (κ1) is 22.5. The number of hydrogen-bond donors (Lipinski definition) is 2. The molecule has 9 heteroatoms. The van der Waals surface area contributed by atoms with Crippen LogP contribution in [0.5, 0.6) is 11.5 Å². The minimum atomic E-state index is -0.417. The van der Waals surface area contributed by atoms with Crippen LogP contribution in [0.25, 0.3) is 0 Å². The first-order valence-electron chi connectivity index (χ1n) is 10.3. The number of ether oxygens (including phenoxy) is 2. The summed E-state index contributed by atoms with van der Waals surface area (Å²) in [5, 5.41) is 6.12. The number of aryl methyl sites for hydroxylation is 1. The molecule has 1 aliphatic carbocycles. The Morgan fingerprint density at radius 2 is 1.73 bits per heavy atom. The molecule has 0 fully saturated rings.